The number of hydrogen-bond acceptors (Lipinski definition) is 6. The van der Waals surface area contributed by atoms with E-state index < -0.39 is 31.9 Å². The largest absolute Gasteiger partial charge is 0.367 e. The van der Waals surface area contributed by atoms with E-state index in [1.165, 1.54) is 28.6 Å². The molecule has 2 saturated heterocycles. The van der Waals surface area contributed by atoms with E-state index >= 15 is 0 Å². The minimum atomic E-state index is -3.84. The van der Waals surface area contributed by atoms with Gasteiger partial charge in [0.2, 0.25) is 26.0 Å². The van der Waals surface area contributed by atoms with Crippen LogP contribution < -0.4 is 9.21 Å². The second-order valence-corrected chi connectivity index (χ2v) is 11.8. The first-order valence-corrected chi connectivity index (χ1v) is 13.2. The van der Waals surface area contributed by atoms with Crippen molar-refractivity contribution in [3.8, 4) is 0 Å². The highest BCUT2D eigenvalue weighted by atomic mass is 32.2. The molecule has 1 amide bonds. The molecular formula is C21H24FN3O5S2. The lowest BCUT2D eigenvalue weighted by molar-refractivity contribution is -0.119. The van der Waals surface area contributed by atoms with Crippen LogP contribution in [0, 0.1) is 18.7 Å². The predicted molar refractivity (Wildman–Crippen MR) is 119 cm³/mol. The number of amides is 1. The third-order valence-corrected chi connectivity index (χ3v) is 9.73. The van der Waals surface area contributed by atoms with Crippen LogP contribution >= 0.6 is 0 Å². The Morgan fingerprint density at radius 3 is 2.25 bits per heavy atom. The fourth-order valence-corrected chi connectivity index (χ4v) is 7.59. The maximum atomic E-state index is 14.1. The standard InChI is InChI=1S/C21H24FN3O5S2/c1-15-13-17(25-21(26)16(2)14-31(25,27)28)7-8-20(15)32(29,30)24-11-9-23(10-12-24)19-6-4-3-5-18(19)22/h3-8,13,16H,9-12,14H2,1-2H3. The van der Waals surface area contributed by atoms with E-state index in [0.717, 1.165) is 4.31 Å². The topological polar surface area (TPSA) is 95.1 Å². The molecule has 4 rings (SSSR count). The van der Waals surface area contributed by atoms with Crippen LogP contribution in [-0.4, -0.2) is 59.0 Å². The molecule has 1 unspecified atom stereocenters. The van der Waals surface area contributed by atoms with Crippen molar-refractivity contribution in [2.24, 2.45) is 5.92 Å². The average Bonchev–Trinajstić information content (AvgIpc) is 2.94. The number of sulfonamides is 2. The molecule has 32 heavy (non-hydrogen) atoms. The number of halogens is 1. The zero-order valence-electron chi connectivity index (χ0n) is 17.7. The minimum Gasteiger partial charge on any atom is -0.367 e. The van der Waals surface area contributed by atoms with Crippen molar-refractivity contribution in [1.82, 2.24) is 4.31 Å². The number of benzene rings is 2. The van der Waals surface area contributed by atoms with Gasteiger partial charge in [-0.3, -0.25) is 4.79 Å². The second kappa shape index (κ2) is 8.13. The summed E-state index contributed by atoms with van der Waals surface area (Å²) in [5.41, 5.74) is 0.928. The molecule has 2 aliphatic heterocycles. The molecule has 2 fully saturated rings. The zero-order chi connectivity index (χ0) is 23.3. The van der Waals surface area contributed by atoms with E-state index in [9.17, 15) is 26.0 Å². The van der Waals surface area contributed by atoms with Gasteiger partial charge in [-0.1, -0.05) is 19.1 Å². The highest BCUT2D eigenvalue weighted by Crippen LogP contribution is 2.32. The quantitative estimate of drug-likeness (QED) is 0.663. The number of hydrogen-bond donors (Lipinski definition) is 0. The van der Waals surface area contributed by atoms with Crippen molar-refractivity contribution in [2.45, 2.75) is 18.7 Å². The van der Waals surface area contributed by atoms with Gasteiger partial charge in [0.15, 0.2) is 0 Å². The van der Waals surface area contributed by atoms with Gasteiger partial charge >= 0.3 is 0 Å². The van der Waals surface area contributed by atoms with Crippen molar-refractivity contribution in [2.75, 3.05) is 41.1 Å². The Kier molecular flexibility index (Phi) is 5.76. The third-order valence-electron chi connectivity index (χ3n) is 5.80. The molecule has 1 atom stereocenters. The monoisotopic (exact) mass is 481 g/mol. The number of aryl methyl sites for hydroxylation is 1. The van der Waals surface area contributed by atoms with Gasteiger partial charge in [0, 0.05) is 26.2 Å². The van der Waals surface area contributed by atoms with Crippen molar-refractivity contribution >= 4 is 37.3 Å². The SMILES string of the molecule is Cc1cc(N2C(=O)C(C)CS2(=O)=O)ccc1S(=O)(=O)N1CCN(c2ccccc2F)CC1. The van der Waals surface area contributed by atoms with Crippen molar-refractivity contribution < 1.29 is 26.0 Å². The molecule has 0 spiro atoms. The number of carbonyl (C=O) groups is 1. The Morgan fingerprint density at radius 1 is 1.03 bits per heavy atom. The Labute approximate surface area is 187 Å². The molecule has 11 heteroatoms. The van der Waals surface area contributed by atoms with Gasteiger partial charge in [-0.05, 0) is 42.8 Å². The molecular weight excluding hydrogens is 457 g/mol. The molecule has 0 saturated carbocycles. The smallest absolute Gasteiger partial charge is 0.244 e. The van der Waals surface area contributed by atoms with Crippen LogP contribution in [0.25, 0.3) is 0 Å². The maximum Gasteiger partial charge on any atom is 0.244 e. The van der Waals surface area contributed by atoms with E-state index in [1.54, 1.807) is 32.0 Å². The van der Waals surface area contributed by atoms with Crippen LogP contribution in [0.5, 0.6) is 0 Å². The lowest BCUT2D eigenvalue weighted by Gasteiger charge is -2.35. The number of carbonyl (C=O) groups excluding carboxylic acids is 1. The molecule has 2 aromatic rings. The fourth-order valence-electron chi connectivity index (χ4n) is 4.15. The van der Waals surface area contributed by atoms with Crippen molar-refractivity contribution in [3.63, 3.8) is 0 Å². The van der Waals surface area contributed by atoms with Crippen LogP contribution in [-0.2, 0) is 24.8 Å². The molecule has 0 bridgehead atoms. The lowest BCUT2D eigenvalue weighted by Crippen LogP contribution is -2.49. The van der Waals surface area contributed by atoms with Crippen LogP contribution in [0.4, 0.5) is 15.8 Å². The number of nitrogens with zero attached hydrogens (tertiary/aromatic N) is 3. The second-order valence-electron chi connectivity index (χ2n) is 8.07. The molecule has 0 aliphatic carbocycles. The number of rotatable bonds is 4. The molecule has 2 aliphatic rings. The van der Waals surface area contributed by atoms with Gasteiger partial charge in [0.05, 0.1) is 27.9 Å². The van der Waals surface area contributed by atoms with Crippen LogP contribution in [0.3, 0.4) is 0 Å². The summed E-state index contributed by atoms with van der Waals surface area (Å²) in [4.78, 5) is 14.2. The normalized spacial score (nSPS) is 21.8. The van der Waals surface area contributed by atoms with Gasteiger partial charge in [0.1, 0.15) is 5.82 Å². The average molecular weight is 482 g/mol. The van der Waals surface area contributed by atoms with E-state index in [1.807, 2.05) is 4.90 Å². The van der Waals surface area contributed by atoms with Gasteiger partial charge in [-0.25, -0.2) is 25.5 Å². The minimum absolute atomic E-state index is 0.0534. The number of para-hydroxylation sites is 1. The molecule has 0 radical (unpaired) electrons. The summed E-state index contributed by atoms with van der Waals surface area (Å²) < 4.78 is 67.3. The van der Waals surface area contributed by atoms with Gasteiger partial charge in [0.25, 0.3) is 0 Å². The first-order chi connectivity index (χ1) is 15.0. The van der Waals surface area contributed by atoms with Crippen molar-refractivity contribution in [1.29, 1.82) is 0 Å². The molecule has 0 N–H and O–H groups in total. The summed E-state index contributed by atoms with van der Waals surface area (Å²) in [6.45, 7) is 4.18. The van der Waals surface area contributed by atoms with Crippen LogP contribution in [0.15, 0.2) is 47.4 Å². The molecule has 2 heterocycles. The Balaban J connectivity index is 1.55. The van der Waals surface area contributed by atoms with E-state index in [2.05, 4.69) is 0 Å². The summed E-state index contributed by atoms with van der Waals surface area (Å²) in [5, 5.41) is 0. The number of piperazine rings is 1. The Hall–Kier alpha value is -2.50. The van der Waals surface area contributed by atoms with E-state index in [0.29, 0.717) is 24.3 Å². The molecule has 2 aromatic carbocycles. The van der Waals surface area contributed by atoms with Gasteiger partial charge in [-0.2, -0.15) is 4.31 Å². The van der Waals surface area contributed by atoms with Crippen molar-refractivity contribution in [3.05, 3.63) is 53.8 Å². The molecule has 8 nitrogen and oxygen atoms in total. The zero-order valence-corrected chi connectivity index (χ0v) is 19.4. The Bertz CT molecular complexity index is 1270. The number of anilines is 2. The molecule has 0 aromatic heterocycles. The lowest BCUT2D eigenvalue weighted by atomic mass is 10.2. The van der Waals surface area contributed by atoms with Gasteiger partial charge in [-0.15, -0.1) is 0 Å². The summed E-state index contributed by atoms with van der Waals surface area (Å²) >= 11 is 0. The predicted octanol–water partition coefficient (Wildman–Crippen LogP) is 1.96. The third kappa shape index (κ3) is 3.89. The van der Waals surface area contributed by atoms with E-state index in [-0.39, 0.29) is 35.2 Å². The molecule has 172 valence electrons. The fraction of sp³-hybridized carbons (Fsp3) is 0.381. The first kappa shape index (κ1) is 22.7. The van der Waals surface area contributed by atoms with Gasteiger partial charge < -0.3 is 4.90 Å². The maximum absolute atomic E-state index is 14.1. The highest BCUT2D eigenvalue weighted by molar-refractivity contribution is 7.94. The highest BCUT2D eigenvalue weighted by Gasteiger charge is 2.42. The summed E-state index contributed by atoms with van der Waals surface area (Å²) in [6, 6.07) is 10.5. The Morgan fingerprint density at radius 2 is 1.69 bits per heavy atom. The van der Waals surface area contributed by atoms with Crippen LogP contribution in [0.2, 0.25) is 0 Å². The van der Waals surface area contributed by atoms with E-state index in [4.69, 9.17) is 0 Å². The summed E-state index contributed by atoms with van der Waals surface area (Å²) in [7, 11) is -7.61. The first-order valence-electron chi connectivity index (χ1n) is 10.2. The summed E-state index contributed by atoms with van der Waals surface area (Å²) in [5.74, 6) is -1.79. The summed E-state index contributed by atoms with van der Waals surface area (Å²) in [6.07, 6.45) is 0. The van der Waals surface area contributed by atoms with Crippen LogP contribution in [0.1, 0.15) is 12.5 Å².